The largest absolute Gasteiger partial charge is 0.416 e. The number of carbonyl (C=O) groups is 1. The van der Waals surface area contributed by atoms with E-state index in [9.17, 15) is 28.1 Å². The number of nitro groups is 1. The quantitative estimate of drug-likeness (QED) is 0.518. The summed E-state index contributed by atoms with van der Waals surface area (Å²) in [5.41, 5.74) is -0.654. The molecule has 0 unspecified atom stereocenters. The molecule has 8 nitrogen and oxygen atoms in total. The molecule has 1 amide bonds. The van der Waals surface area contributed by atoms with Gasteiger partial charge in [0.15, 0.2) is 5.69 Å². The van der Waals surface area contributed by atoms with Crippen molar-refractivity contribution in [2.24, 2.45) is 0 Å². The number of aromatic amines is 1. The van der Waals surface area contributed by atoms with E-state index in [0.717, 1.165) is 12.1 Å². The van der Waals surface area contributed by atoms with Gasteiger partial charge in [-0.1, -0.05) is 0 Å². The number of nitro benzene ring substituents is 1. The highest BCUT2D eigenvalue weighted by Crippen LogP contribution is 2.35. The van der Waals surface area contributed by atoms with Crippen LogP contribution in [0, 0.1) is 10.1 Å². The van der Waals surface area contributed by atoms with Crippen LogP contribution in [-0.2, 0) is 6.18 Å². The molecule has 0 aliphatic carbocycles. The van der Waals surface area contributed by atoms with Gasteiger partial charge in [0, 0.05) is 31.6 Å². The van der Waals surface area contributed by atoms with Crippen molar-refractivity contribution in [1.29, 1.82) is 0 Å². The Bertz CT molecular complexity index is 1080. The number of nitrogens with one attached hydrogen (secondary N) is 2. The second kappa shape index (κ2) is 6.83. The molecule has 1 heterocycles. The summed E-state index contributed by atoms with van der Waals surface area (Å²) in [7, 11) is 3.23. The van der Waals surface area contributed by atoms with E-state index < -0.39 is 22.6 Å². The maximum absolute atomic E-state index is 13.0. The fraction of sp³-hybridized carbons (Fsp3) is 0.176. The Kier molecular flexibility index (Phi) is 4.67. The van der Waals surface area contributed by atoms with Crippen LogP contribution in [0.3, 0.4) is 0 Å². The van der Waals surface area contributed by atoms with Crippen LogP contribution in [0.25, 0.3) is 10.9 Å². The van der Waals surface area contributed by atoms with Crippen molar-refractivity contribution in [1.82, 2.24) is 10.2 Å². The number of halogens is 3. The highest BCUT2D eigenvalue weighted by atomic mass is 19.4. The van der Waals surface area contributed by atoms with E-state index in [1.807, 2.05) is 0 Å². The molecular formula is C17H14F3N5O3. The van der Waals surface area contributed by atoms with Gasteiger partial charge in [-0.15, -0.1) is 0 Å². The Morgan fingerprint density at radius 3 is 2.54 bits per heavy atom. The molecule has 28 heavy (non-hydrogen) atoms. The summed E-state index contributed by atoms with van der Waals surface area (Å²) in [4.78, 5) is 24.5. The zero-order chi connectivity index (χ0) is 20.6. The molecule has 0 atom stereocenters. The summed E-state index contributed by atoms with van der Waals surface area (Å²) in [6, 6.07) is 6.80. The van der Waals surface area contributed by atoms with Gasteiger partial charge in [0.1, 0.15) is 0 Å². The number of benzene rings is 2. The van der Waals surface area contributed by atoms with Crippen LogP contribution >= 0.6 is 0 Å². The third-order valence-corrected chi connectivity index (χ3v) is 4.03. The first-order chi connectivity index (χ1) is 13.1. The minimum absolute atomic E-state index is 0.0635. The highest BCUT2D eigenvalue weighted by molar-refractivity contribution is 6.12. The number of alkyl halides is 3. The number of aromatic nitrogens is 2. The van der Waals surface area contributed by atoms with Crippen molar-refractivity contribution in [3.8, 4) is 0 Å². The minimum Gasteiger partial charge on any atom is -0.376 e. The molecule has 0 fully saturated rings. The van der Waals surface area contributed by atoms with Crippen molar-refractivity contribution in [2.75, 3.05) is 24.3 Å². The van der Waals surface area contributed by atoms with Gasteiger partial charge in [-0.25, -0.2) is 0 Å². The van der Waals surface area contributed by atoms with Crippen LogP contribution in [0.4, 0.5) is 30.2 Å². The third-order valence-electron chi connectivity index (χ3n) is 4.03. The molecule has 0 aliphatic rings. The topological polar surface area (TPSA) is 104 Å². The maximum atomic E-state index is 13.0. The molecule has 2 aromatic carbocycles. The molecule has 0 saturated carbocycles. The van der Waals surface area contributed by atoms with E-state index in [2.05, 4.69) is 15.5 Å². The lowest BCUT2D eigenvalue weighted by atomic mass is 10.1. The Morgan fingerprint density at radius 1 is 1.21 bits per heavy atom. The molecule has 3 rings (SSSR count). The lowest BCUT2D eigenvalue weighted by molar-refractivity contribution is -0.384. The second-order valence-corrected chi connectivity index (χ2v) is 6.14. The molecule has 0 radical (unpaired) electrons. The average molecular weight is 393 g/mol. The molecule has 146 valence electrons. The number of hydrogen-bond acceptors (Lipinski definition) is 5. The summed E-state index contributed by atoms with van der Waals surface area (Å²) >= 11 is 0. The number of rotatable bonds is 4. The lowest BCUT2D eigenvalue weighted by Crippen LogP contribution is -2.18. The number of fused-ring (bicyclic) bond motifs is 1. The van der Waals surface area contributed by atoms with Gasteiger partial charge in [-0.2, -0.15) is 18.3 Å². The molecule has 11 heteroatoms. The average Bonchev–Trinajstić information content (AvgIpc) is 3.03. The Morgan fingerprint density at radius 2 is 1.93 bits per heavy atom. The summed E-state index contributed by atoms with van der Waals surface area (Å²) in [6.07, 6.45) is -4.58. The van der Waals surface area contributed by atoms with E-state index in [4.69, 9.17) is 0 Å². The predicted octanol–water partition coefficient (Wildman–Crippen LogP) is 3.81. The third kappa shape index (κ3) is 3.59. The van der Waals surface area contributed by atoms with E-state index >= 15 is 0 Å². The monoisotopic (exact) mass is 393 g/mol. The van der Waals surface area contributed by atoms with Crippen molar-refractivity contribution in [3.63, 3.8) is 0 Å². The number of hydrogen-bond donors (Lipinski definition) is 2. The van der Waals surface area contributed by atoms with Gasteiger partial charge >= 0.3 is 6.18 Å². The van der Waals surface area contributed by atoms with Gasteiger partial charge in [0.05, 0.1) is 27.4 Å². The molecule has 1 aromatic heterocycles. The van der Waals surface area contributed by atoms with Crippen LogP contribution in [-0.4, -0.2) is 35.1 Å². The Labute approximate surface area is 156 Å². The van der Waals surface area contributed by atoms with Gasteiger partial charge in [0.25, 0.3) is 11.6 Å². The second-order valence-electron chi connectivity index (χ2n) is 6.14. The summed E-state index contributed by atoms with van der Waals surface area (Å²) in [6.45, 7) is 0. The highest BCUT2D eigenvalue weighted by Gasteiger charge is 2.31. The van der Waals surface area contributed by atoms with E-state index in [1.54, 1.807) is 19.0 Å². The minimum atomic E-state index is -4.58. The normalized spacial score (nSPS) is 11.5. The zero-order valence-corrected chi connectivity index (χ0v) is 14.7. The van der Waals surface area contributed by atoms with Crippen molar-refractivity contribution >= 4 is 33.9 Å². The Hall–Kier alpha value is -3.63. The molecule has 0 bridgehead atoms. The summed E-state index contributed by atoms with van der Waals surface area (Å²) < 4.78 is 39.1. The maximum Gasteiger partial charge on any atom is 0.416 e. The number of nitrogens with zero attached hydrogens (tertiary/aromatic N) is 3. The van der Waals surface area contributed by atoms with Gasteiger partial charge in [0.2, 0.25) is 0 Å². The van der Waals surface area contributed by atoms with E-state index in [1.165, 1.54) is 24.3 Å². The van der Waals surface area contributed by atoms with Crippen LogP contribution in [0.1, 0.15) is 16.1 Å². The first-order valence-corrected chi connectivity index (χ1v) is 7.90. The van der Waals surface area contributed by atoms with Crippen molar-refractivity contribution in [2.45, 2.75) is 6.18 Å². The van der Waals surface area contributed by atoms with E-state index in [-0.39, 0.29) is 22.5 Å². The molecule has 3 aromatic rings. The van der Waals surface area contributed by atoms with Gasteiger partial charge in [-0.05, 0) is 24.3 Å². The molecule has 2 N–H and O–H groups in total. The van der Waals surface area contributed by atoms with Gasteiger partial charge in [-0.3, -0.25) is 20.0 Å². The first kappa shape index (κ1) is 19.1. The van der Waals surface area contributed by atoms with Crippen LogP contribution < -0.4 is 10.2 Å². The summed E-state index contributed by atoms with van der Waals surface area (Å²) in [5, 5.41) is 20.0. The summed E-state index contributed by atoms with van der Waals surface area (Å²) in [5.74, 6) is -0.797. The fourth-order valence-electron chi connectivity index (χ4n) is 2.67. The Balaban J connectivity index is 2.02. The number of non-ortho nitro benzene ring substituents is 1. The molecule has 0 saturated heterocycles. The SMILES string of the molecule is CN(C)c1ccc(C(F)(F)F)cc1NC(=O)c1n[nH]c2ccc([N+](=O)[O-])cc12. The van der Waals surface area contributed by atoms with Gasteiger partial charge < -0.3 is 10.2 Å². The molecular weight excluding hydrogens is 379 g/mol. The number of anilines is 2. The van der Waals surface area contributed by atoms with Crippen LogP contribution in [0.2, 0.25) is 0 Å². The van der Waals surface area contributed by atoms with Crippen molar-refractivity contribution in [3.05, 3.63) is 57.8 Å². The van der Waals surface area contributed by atoms with Crippen molar-refractivity contribution < 1.29 is 22.9 Å². The number of amides is 1. The molecule has 0 aliphatic heterocycles. The van der Waals surface area contributed by atoms with Crippen LogP contribution in [0.5, 0.6) is 0 Å². The number of carbonyl (C=O) groups excluding carboxylic acids is 1. The predicted molar refractivity (Wildman–Crippen MR) is 96.5 cm³/mol. The van der Waals surface area contributed by atoms with E-state index in [0.29, 0.717) is 11.2 Å². The van der Waals surface area contributed by atoms with Crippen LogP contribution in [0.15, 0.2) is 36.4 Å². The smallest absolute Gasteiger partial charge is 0.376 e. The standard InChI is InChI=1S/C17H14F3N5O3/c1-24(2)14-6-3-9(17(18,19)20)7-13(14)21-16(26)15-11-8-10(25(27)28)4-5-12(11)22-23-15/h3-8H,1-2H3,(H,21,26)(H,22,23). The zero-order valence-electron chi connectivity index (χ0n) is 14.7. The first-order valence-electron chi connectivity index (χ1n) is 7.90. The lowest BCUT2D eigenvalue weighted by Gasteiger charge is -2.19. The fourth-order valence-corrected chi connectivity index (χ4v) is 2.67. The molecule has 0 spiro atoms. The number of H-pyrrole nitrogens is 1.